The van der Waals surface area contributed by atoms with Gasteiger partial charge in [0.1, 0.15) is 5.82 Å². The lowest BCUT2D eigenvalue weighted by Crippen LogP contribution is -2.38. The van der Waals surface area contributed by atoms with Crippen LogP contribution in [0.1, 0.15) is 25.8 Å². The molecule has 18 heavy (non-hydrogen) atoms. The first-order chi connectivity index (χ1) is 8.56. The number of hydrogen-bond donors (Lipinski definition) is 1. The molecule has 0 spiro atoms. The van der Waals surface area contributed by atoms with Crippen LogP contribution in [0.3, 0.4) is 0 Å². The van der Waals surface area contributed by atoms with E-state index in [1.165, 1.54) is 12.1 Å². The zero-order valence-corrected chi connectivity index (χ0v) is 10.3. The normalized spacial score (nSPS) is 18.4. The average molecular weight is 250 g/mol. The smallest absolute Gasteiger partial charge is 0.264 e. The highest BCUT2D eigenvalue weighted by Crippen LogP contribution is 2.17. The maximum Gasteiger partial charge on any atom is 0.264 e. The fourth-order valence-corrected chi connectivity index (χ4v) is 1.71. The summed E-state index contributed by atoms with van der Waals surface area (Å²) >= 11 is 0. The molecule has 4 nitrogen and oxygen atoms in total. The molecule has 0 unspecified atom stereocenters. The number of oxime groups is 1. The Morgan fingerprint density at radius 1 is 1.44 bits per heavy atom. The van der Waals surface area contributed by atoms with Crippen LogP contribution in [-0.4, -0.2) is 23.8 Å². The molecule has 2 rings (SSSR count). The van der Waals surface area contributed by atoms with Gasteiger partial charge >= 0.3 is 0 Å². The second kappa shape index (κ2) is 5.16. The minimum Gasteiger partial charge on any atom is -0.382 e. The third-order valence-corrected chi connectivity index (χ3v) is 2.57. The maximum absolute atomic E-state index is 12.8. The topological polar surface area (TPSA) is 50.7 Å². The minimum atomic E-state index is -0.590. The Morgan fingerprint density at radius 2 is 2.11 bits per heavy atom. The third kappa shape index (κ3) is 2.85. The molecule has 1 aromatic rings. The van der Waals surface area contributed by atoms with E-state index in [0.717, 1.165) is 5.56 Å². The molecule has 0 bridgehead atoms. The first-order valence-electron chi connectivity index (χ1n) is 5.85. The second-order valence-corrected chi connectivity index (χ2v) is 4.51. The number of halogens is 1. The lowest BCUT2D eigenvalue weighted by molar-refractivity contribution is -0.131. The lowest BCUT2D eigenvalue weighted by atomic mass is 10.0. The van der Waals surface area contributed by atoms with E-state index in [1.807, 2.05) is 13.8 Å². The van der Waals surface area contributed by atoms with E-state index in [4.69, 9.17) is 4.84 Å². The first kappa shape index (κ1) is 12.5. The predicted octanol–water partition coefficient (Wildman–Crippen LogP) is 1.84. The number of benzene rings is 1. The highest BCUT2D eigenvalue weighted by Gasteiger charge is 2.28. The summed E-state index contributed by atoms with van der Waals surface area (Å²) in [7, 11) is 0. The van der Waals surface area contributed by atoms with E-state index >= 15 is 0 Å². The molecule has 1 N–H and O–H groups in total. The first-order valence-corrected chi connectivity index (χ1v) is 5.85. The van der Waals surface area contributed by atoms with E-state index in [2.05, 4.69) is 10.5 Å². The van der Waals surface area contributed by atoms with Crippen LogP contribution in [0.2, 0.25) is 0 Å². The van der Waals surface area contributed by atoms with Gasteiger partial charge in [0.15, 0.2) is 0 Å². The molecule has 1 amide bonds. The van der Waals surface area contributed by atoms with Crippen molar-refractivity contribution in [2.24, 2.45) is 5.16 Å². The number of hydrogen-bond acceptors (Lipinski definition) is 3. The van der Waals surface area contributed by atoms with E-state index in [1.54, 1.807) is 12.1 Å². The van der Waals surface area contributed by atoms with Gasteiger partial charge in [0.2, 0.25) is 6.10 Å². The molecule has 96 valence electrons. The number of nitrogens with one attached hydrogen (secondary N) is 1. The molecule has 0 saturated heterocycles. The summed E-state index contributed by atoms with van der Waals surface area (Å²) in [4.78, 5) is 16.8. The van der Waals surface area contributed by atoms with Crippen LogP contribution in [0.15, 0.2) is 29.4 Å². The van der Waals surface area contributed by atoms with Crippen molar-refractivity contribution in [3.8, 4) is 0 Å². The Hall–Kier alpha value is -1.91. The van der Waals surface area contributed by atoms with Crippen molar-refractivity contribution >= 4 is 11.6 Å². The quantitative estimate of drug-likeness (QED) is 0.890. The van der Waals surface area contributed by atoms with Crippen molar-refractivity contribution in [1.29, 1.82) is 0 Å². The molecule has 0 radical (unpaired) electrons. The van der Waals surface area contributed by atoms with Gasteiger partial charge in [0, 0.05) is 12.5 Å². The number of nitrogens with zero attached hydrogens (tertiary/aromatic N) is 1. The Balaban J connectivity index is 1.99. The summed E-state index contributed by atoms with van der Waals surface area (Å²) in [5.74, 6) is -0.474. The molecule has 0 aliphatic carbocycles. The molecular formula is C13H15FN2O2. The van der Waals surface area contributed by atoms with Crippen molar-refractivity contribution in [2.75, 3.05) is 0 Å². The van der Waals surface area contributed by atoms with Crippen molar-refractivity contribution in [3.63, 3.8) is 0 Å². The van der Waals surface area contributed by atoms with Gasteiger partial charge in [-0.3, -0.25) is 4.79 Å². The van der Waals surface area contributed by atoms with Crippen LogP contribution in [0, 0.1) is 5.82 Å². The zero-order chi connectivity index (χ0) is 13.1. The summed E-state index contributed by atoms with van der Waals surface area (Å²) in [6.07, 6.45) is -0.183. The lowest BCUT2D eigenvalue weighted by Gasteiger charge is -2.11. The summed E-state index contributed by atoms with van der Waals surface area (Å²) < 4.78 is 12.8. The summed E-state index contributed by atoms with van der Waals surface area (Å²) in [6.45, 7) is 3.77. The third-order valence-electron chi connectivity index (χ3n) is 2.57. The van der Waals surface area contributed by atoms with Crippen LogP contribution >= 0.6 is 0 Å². The van der Waals surface area contributed by atoms with E-state index in [9.17, 15) is 9.18 Å². The Kier molecular flexibility index (Phi) is 3.60. The van der Waals surface area contributed by atoms with E-state index in [-0.39, 0.29) is 17.8 Å². The van der Waals surface area contributed by atoms with Crippen LogP contribution in [0.4, 0.5) is 4.39 Å². The Bertz CT molecular complexity index is 468. The van der Waals surface area contributed by atoms with Gasteiger partial charge in [-0.1, -0.05) is 17.3 Å². The molecule has 1 aliphatic heterocycles. The van der Waals surface area contributed by atoms with Crippen molar-refractivity contribution in [1.82, 2.24) is 5.32 Å². The van der Waals surface area contributed by atoms with Gasteiger partial charge in [0.05, 0.1) is 5.71 Å². The average Bonchev–Trinajstić information content (AvgIpc) is 2.78. The Morgan fingerprint density at radius 3 is 2.72 bits per heavy atom. The predicted molar refractivity (Wildman–Crippen MR) is 65.7 cm³/mol. The molecule has 0 aromatic heterocycles. The summed E-state index contributed by atoms with van der Waals surface area (Å²) in [5.41, 5.74) is 1.44. The molecule has 1 atom stereocenters. The molecule has 0 saturated carbocycles. The number of carbonyl (C=O) groups is 1. The van der Waals surface area contributed by atoms with E-state index in [0.29, 0.717) is 12.1 Å². The van der Waals surface area contributed by atoms with Crippen molar-refractivity contribution < 1.29 is 14.0 Å². The maximum atomic E-state index is 12.8. The summed E-state index contributed by atoms with van der Waals surface area (Å²) in [5, 5.41) is 6.65. The van der Waals surface area contributed by atoms with Crippen LogP contribution in [-0.2, 0) is 9.63 Å². The van der Waals surface area contributed by atoms with Gasteiger partial charge in [-0.15, -0.1) is 0 Å². The van der Waals surface area contributed by atoms with Crippen LogP contribution in [0.5, 0.6) is 0 Å². The largest absolute Gasteiger partial charge is 0.382 e. The standard InChI is InChI=1S/C13H15FN2O2/c1-8(2)15-13(17)12-7-11(16-18-12)9-3-5-10(14)6-4-9/h3-6,8,12H,7H2,1-2H3,(H,15,17)/t12-/m1/s1. The highest BCUT2D eigenvalue weighted by atomic mass is 19.1. The fourth-order valence-electron chi connectivity index (χ4n) is 1.71. The second-order valence-electron chi connectivity index (χ2n) is 4.51. The highest BCUT2D eigenvalue weighted by molar-refractivity contribution is 6.04. The molecule has 5 heteroatoms. The molecule has 1 aromatic carbocycles. The monoisotopic (exact) mass is 250 g/mol. The number of rotatable bonds is 3. The van der Waals surface area contributed by atoms with Crippen molar-refractivity contribution in [3.05, 3.63) is 35.6 Å². The van der Waals surface area contributed by atoms with Gasteiger partial charge < -0.3 is 10.2 Å². The molecule has 1 heterocycles. The number of carbonyl (C=O) groups excluding carboxylic acids is 1. The number of amides is 1. The van der Waals surface area contributed by atoms with Gasteiger partial charge in [-0.25, -0.2) is 4.39 Å². The van der Waals surface area contributed by atoms with Crippen molar-refractivity contribution in [2.45, 2.75) is 32.4 Å². The SMILES string of the molecule is CC(C)NC(=O)[C@H]1CC(c2ccc(F)cc2)=NO1. The van der Waals surface area contributed by atoms with E-state index < -0.39 is 6.10 Å². The summed E-state index contributed by atoms with van der Waals surface area (Å²) in [6, 6.07) is 6.04. The molecule has 0 fully saturated rings. The zero-order valence-electron chi connectivity index (χ0n) is 10.3. The van der Waals surface area contributed by atoms with Gasteiger partial charge in [-0.05, 0) is 31.5 Å². The minimum absolute atomic E-state index is 0.0657. The fraction of sp³-hybridized carbons (Fsp3) is 0.385. The van der Waals surface area contributed by atoms with Crippen LogP contribution < -0.4 is 5.32 Å². The molecular weight excluding hydrogens is 235 g/mol. The van der Waals surface area contributed by atoms with Gasteiger partial charge in [0.25, 0.3) is 5.91 Å². The van der Waals surface area contributed by atoms with Gasteiger partial charge in [-0.2, -0.15) is 0 Å². The van der Waals surface area contributed by atoms with Crippen LogP contribution in [0.25, 0.3) is 0 Å². The Labute approximate surface area is 105 Å². The molecule has 1 aliphatic rings.